The minimum Gasteiger partial charge on any atom is -0.419 e. The number of hydrogen-bond donors (Lipinski definition) is 0. The molecule has 0 aliphatic carbocycles. The summed E-state index contributed by atoms with van der Waals surface area (Å²) in [5, 5.41) is 8.23. The van der Waals surface area contributed by atoms with Gasteiger partial charge in [0.25, 0.3) is 0 Å². The zero-order chi connectivity index (χ0) is 20.0. The van der Waals surface area contributed by atoms with Crippen molar-refractivity contribution in [2.75, 3.05) is 45.9 Å². The number of alkyl halides is 3. The summed E-state index contributed by atoms with van der Waals surface area (Å²) in [7, 11) is 0. The van der Waals surface area contributed by atoms with Gasteiger partial charge < -0.3 is 14.1 Å². The topological polar surface area (TPSA) is 54.6 Å². The first-order valence-electron chi connectivity index (χ1n) is 9.06. The van der Waals surface area contributed by atoms with Crippen molar-refractivity contribution in [1.29, 1.82) is 0 Å². The van der Waals surface area contributed by atoms with Gasteiger partial charge in [0.05, 0.1) is 6.54 Å². The molecule has 0 unspecified atom stereocenters. The molecule has 1 aliphatic rings. The number of nitrogens with zero attached hydrogens (tertiary/aromatic N) is 4. The van der Waals surface area contributed by atoms with Gasteiger partial charge >= 0.3 is 6.18 Å². The predicted molar refractivity (Wildman–Crippen MR) is 101 cm³/mol. The van der Waals surface area contributed by atoms with Crippen LogP contribution in [0.25, 0.3) is 11.5 Å². The van der Waals surface area contributed by atoms with E-state index < -0.39 is 12.8 Å². The zero-order valence-corrected chi connectivity index (χ0v) is 16.9. The Labute approximate surface area is 169 Å². The Hall–Kier alpha value is -1.49. The fourth-order valence-corrected chi connectivity index (χ4v) is 3.23. The van der Waals surface area contributed by atoms with E-state index in [1.807, 2.05) is 24.3 Å². The van der Waals surface area contributed by atoms with Crippen LogP contribution in [0.1, 0.15) is 12.3 Å². The molecule has 0 atom stereocenters. The summed E-state index contributed by atoms with van der Waals surface area (Å²) in [4.78, 5) is 4.46. The van der Waals surface area contributed by atoms with Crippen molar-refractivity contribution >= 4 is 15.9 Å². The summed E-state index contributed by atoms with van der Waals surface area (Å²) < 4.78 is 47.4. The summed E-state index contributed by atoms with van der Waals surface area (Å²) >= 11 is 3.40. The molecule has 154 valence electrons. The van der Waals surface area contributed by atoms with Crippen molar-refractivity contribution in [2.45, 2.75) is 19.1 Å². The van der Waals surface area contributed by atoms with Gasteiger partial charge in [-0.15, -0.1) is 10.2 Å². The molecular weight excluding hydrogens is 441 g/mol. The summed E-state index contributed by atoms with van der Waals surface area (Å²) in [5.41, 5.74) is 0.875. The van der Waals surface area contributed by atoms with Gasteiger partial charge in [-0.25, -0.2) is 0 Å². The second-order valence-electron chi connectivity index (χ2n) is 6.65. The minimum absolute atomic E-state index is 0.126. The van der Waals surface area contributed by atoms with Gasteiger partial charge in [-0.1, -0.05) is 15.9 Å². The van der Waals surface area contributed by atoms with Crippen molar-refractivity contribution in [3.8, 4) is 11.5 Å². The summed E-state index contributed by atoms with van der Waals surface area (Å²) in [6.45, 7) is 3.68. The average Bonchev–Trinajstić information content (AvgIpc) is 3.11. The fourth-order valence-electron chi connectivity index (χ4n) is 2.97. The Bertz CT molecular complexity index is 731. The van der Waals surface area contributed by atoms with Crippen LogP contribution in [0.3, 0.4) is 0 Å². The molecule has 2 aromatic rings. The van der Waals surface area contributed by atoms with Crippen molar-refractivity contribution in [1.82, 2.24) is 20.0 Å². The molecule has 1 saturated heterocycles. The van der Waals surface area contributed by atoms with Crippen LogP contribution < -0.4 is 0 Å². The van der Waals surface area contributed by atoms with E-state index in [0.29, 0.717) is 24.7 Å². The molecule has 0 N–H and O–H groups in total. The van der Waals surface area contributed by atoms with Crippen LogP contribution in [0.2, 0.25) is 0 Å². The molecule has 2 heterocycles. The molecule has 0 bridgehead atoms. The molecule has 28 heavy (non-hydrogen) atoms. The van der Waals surface area contributed by atoms with Crippen LogP contribution >= 0.6 is 15.9 Å². The Morgan fingerprint density at radius 2 is 1.71 bits per heavy atom. The van der Waals surface area contributed by atoms with Crippen LogP contribution in [-0.2, 0) is 11.3 Å². The third-order valence-corrected chi connectivity index (χ3v) is 4.94. The smallest absolute Gasteiger partial charge is 0.411 e. The predicted octanol–water partition coefficient (Wildman–Crippen LogP) is 3.59. The first-order valence-corrected chi connectivity index (χ1v) is 9.86. The molecule has 0 amide bonds. The highest BCUT2D eigenvalue weighted by Gasteiger charge is 2.27. The molecule has 1 fully saturated rings. The first-order chi connectivity index (χ1) is 13.4. The molecule has 1 aliphatic heterocycles. The van der Waals surface area contributed by atoms with Gasteiger partial charge in [0.1, 0.15) is 6.61 Å². The minimum atomic E-state index is -4.25. The Morgan fingerprint density at radius 1 is 1.04 bits per heavy atom. The van der Waals surface area contributed by atoms with E-state index in [-0.39, 0.29) is 6.61 Å². The number of aromatic nitrogens is 2. The largest absolute Gasteiger partial charge is 0.419 e. The molecule has 0 saturated carbocycles. The standard InChI is InChI=1S/C18H22BrF3N4O2/c19-15-4-2-14(3-5-15)17-24-23-16(28-17)12-26-9-7-25(8-10-26)6-1-11-27-13-18(20,21)22/h2-5H,1,6-13H2. The quantitative estimate of drug-likeness (QED) is 0.558. The number of piperazine rings is 1. The van der Waals surface area contributed by atoms with E-state index in [9.17, 15) is 13.2 Å². The third-order valence-electron chi connectivity index (χ3n) is 4.41. The van der Waals surface area contributed by atoms with E-state index in [1.165, 1.54) is 0 Å². The molecule has 6 nitrogen and oxygen atoms in total. The number of halogens is 4. The van der Waals surface area contributed by atoms with Gasteiger partial charge in [-0.3, -0.25) is 4.90 Å². The lowest BCUT2D eigenvalue weighted by atomic mass is 10.2. The van der Waals surface area contributed by atoms with Gasteiger partial charge in [-0.05, 0) is 30.7 Å². The highest BCUT2D eigenvalue weighted by Crippen LogP contribution is 2.21. The van der Waals surface area contributed by atoms with Gasteiger partial charge in [0, 0.05) is 49.4 Å². The van der Waals surface area contributed by atoms with Crippen molar-refractivity contribution in [2.24, 2.45) is 0 Å². The van der Waals surface area contributed by atoms with Crippen LogP contribution in [0.4, 0.5) is 13.2 Å². The van der Waals surface area contributed by atoms with Crippen LogP contribution in [-0.4, -0.2) is 72.1 Å². The maximum absolute atomic E-state index is 12.0. The van der Waals surface area contributed by atoms with Crippen molar-refractivity contribution in [3.63, 3.8) is 0 Å². The second kappa shape index (κ2) is 9.82. The van der Waals surface area contributed by atoms with Gasteiger partial charge in [0.2, 0.25) is 11.8 Å². The molecule has 0 spiro atoms. The van der Waals surface area contributed by atoms with E-state index in [4.69, 9.17) is 4.42 Å². The van der Waals surface area contributed by atoms with Crippen LogP contribution in [0.15, 0.2) is 33.2 Å². The van der Waals surface area contributed by atoms with Crippen LogP contribution in [0, 0.1) is 0 Å². The van der Waals surface area contributed by atoms with E-state index >= 15 is 0 Å². The SMILES string of the molecule is FC(F)(F)COCCCN1CCN(Cc2nnc(-c3ccc(Br)cc3)o2)CC1. The summed E-state index contributed by atoms with van der Waals surface area (Å²) in [6, 6.07) is 7.68. The second-order valence-corrected chi connectivity index (χ2v) is 7.56. The highest BCUT2D eigenvalue weighted by molar-refractivity contribution is 9.10. The summed E-state index contributed by atoms with van der Waals surface area (Å²) in [5.74, 6) is 1.08. The molecule has 3 rings (SSSR count). The maximum atomic E-state index is 12.0. The van der Waals surface area contributed by atoms with Crippen molar-refractivity contribution < 1.29 is 22.3 Å². The lowest BCUT2D eigenvalue weighted by Gasteiger charge is -2.33. The molecule has 10 heteroatoms. The molecule has 1 aromatic heterocycles. The lowest BCUT2D eigenvalue weighted by molar-refractivity contribution is -0.174. The first kappa shape index (κ1) is 21.2. The van der Waals surface area contributed by atoms with E-state index in [0.717, 1.165) is 42.8 Å². The number of ether oxygens (including phenoxy) is 1. The Morgan fingerprint density at radius 3 is 2.39 bits per heavy atom. The molecule has 0 radical (unpaired) electrons. The van der Waals surface area contributed by atoms with Gasteiger partial charge in [0.15, 0.2) is 0 Å². The Balaban J connectivity index is 1.36. The molecule has 1 aromatic carbocycles. The van der Waals surface area contributed by atoms with Crippen LogP contribution in [0.5, 0.6) is 0 Å². The Kier molecular flexibility index (Phi) is 7.44. The number of hydrogen-bond acceptors (Lipinski definition) is 6. The average molecular weight is 463 g/mol. The zero-order valence-electron chi connectivity index (χ0n) is 15.3. The summed E-state index contributed by atoms with van der Waals surface area (Å²) in [6.07, 6.45) is -3.66. The van der Waals surface area contributed by atoms with E-state index in [2.05, 4.69) is 40.7 Å². The highest BCUT2D eigenvalue weighted by atomic mass is 79.9. The fraction of sp³-hybridized carbons (Fsp3) is 0.556. The van der Waals surface area contributed by atoms with Crippen molar-refractivity contribution in [3.05, 3.63) is 34.6 Å². The molecular formula is C18H22BrF3N4O2. The third kappa shape index (κ3) is 6.84. The maximum Gasteiger partial charge on any atom is 0.411 e. The number of benzene rings is 1. The van der Waals surface area contributed by atoms with Gasteiger partial charge in [-0.2, -0.15) is 13.2 Å². The lowest BCUT2D eigenvalue weighted by Crippen LogP contribution is -2.46. The number of rotatable bonds is 8. The monoisotopic (exact) mass is 462 g/mol. The van der Waals surface area contributed by atoms with E-state index in [1.54, 1.807) is 0 Å². The normalized spacial score (nSPS) is 16.6.